The van der Waals surface area contributed by atoms with Gasteiger partial charge in [-0.2, -0.15) is 5.26 Å². The summed E-state index contributed by atoms with van der Waals surface area (Å²) in [5.74, 6) is 1.19. The van der Waals surface area contributed by atoms with Gasteiger partial charge in [0, 0.05) is 27.1 Å². The molecule has 4 rings (SSSR count). The summed E-state index contributed by atoms with van der Waals surface area (Å²) >= 11 is 8.19. The molecule has 0 bridgehead atoms. The van der Waals surface area contributed by atoms with Crippen LogP contribution < -0.4 is 14.8 Å². The van der Waals surface area contributed by atoms with Crippen LogP contribution in [0.15, 0.2) is 76.7 Å². The number of halogens is 1. The maximum Gasteiger partial charge on any atom is 0.187 e. The first-order chi connectivity index (χ1) is 16.1. The lowest BCUT2D eigenvalue weighted by molar-refractivity contribution is 0.290. The van der Waals surface area contributed by atoms with E-state index in [4.69, 9.17) is 21.1 Å². The highest BCUT2D eigenvalue weighted by atomic mass is 35.5. The number of pyridine rings is 1. The Labute approximate surface area is 202 Å². The quantitative estimate of drug-likeness (QED) is 0.285. The Balaban J connectivity index is 1.72. The summed E-state index contributed by atoms with van der Waals surface area (Å²) in [6.45, 7) is 4.82. The summed E-state index contributed by atoms with van der Waals surface area (Å²) in [4.78, 5) is 6.56. The third-order valence-electron chi connectivity index (χ3n) is 4.84. The van der Waals surface area contributed by atoms with E-state index in [0.29, 0.717) is 46.5 Å². The van der Waals surface area contributed by atoms with Crippen molar-refractivity contribution in [2.24, 2.45) is 0 Å². The lowest BCUT2D eigenvalue weighted by atomic mass is 10.1. The van der Waals surface area contributed by atoms with E-state index in [1.807, 2.05) is 74.5 Å². The monoisotopic (exact) mass is 475 g/mol. The van der Waals surface area contributed by atoms with Gasteiger partial charge in [-0.1, -0.05) is 41.6 Å². The zero-order chi connectivity index (χ0) is 23.2. The Morgan fingerprint density at radius 3 is 2.52 bits per heavy atom. The zero-order valence-electron chi connectivity index (χ0n) is 18.3. The molecular formula is C26H22ClN3O2S. The number of nitrogens with one attached hydrogen (secondary N) is 1. The van der Waals surface area contributed by atoms with Gasteiger partial charge in [0.15, 0.2) is 11.5 Å². The molecule has 0 radical (unpaired) electrons. The first-order valence-electron chi connectivity index (χ1n) is 10.6. The molecule has 0 saturated carbocycles. The number of rotatable bonds is 8. The molecule has 1 heterocycles. The number of hydrogen-bond acceptors (Lipinski definition) is 6. The predicted molar refractivity (Wildman–Crippen MR) is 134 cm³/mol. The summed E-state index contributed by atoms with van der Waals surface area (Å²) in [7, 11) is 0. The SMILES string of the molecule is CCOc1ccc2c(Nc3ccc(Sc4ccccc4)c(Cl)c3)c(C#N)cnc2c1OCC. The van der Waals surface area contributed by atoms with E-state index < -0.39 is 0 Å². The molecular weight excluding hydrogens is 454 g/mol. The average molecular weight is 476 g/mol. The molecule has 0 fully saturated rings. The number of nitrogens with zero attached hydrogens (tertiary/aromatic N) is 2. The van der Waals surface area contributed by atoms with Gasteiger partial charge >= 0.3 is 0 Å². The first kappa shape index (κ1) is 22.8. The fourth-order valence-electron chi connectivity index (χ4n) is 3.41. The Morgan fingerprint density at radius 1 is 1.03 bits per heavy atom. The van der Waals surface area contributed by atoms with E-state index in [0.717, 1.165) is 20.9 Å². The molecule has 3 aromatic carbocycles. The molecule has 7 heteroatoms. The third-order valence-corrected chi connectivity index (χ3v) is 6.35. The van der Waals surface area contributed by atoms with Crippen molar-refractivity contribution >= 4 is 45.6 Å². The van der Waals surface area contributed by atoms with Crippen molar-refractivity contribution in [3.63, 3.8) is 0 Å². The zero-order valence-corrected chi connectivity index (χ0v) is 19.8. The van der Waals surface area contributed by atoms with Crippen LogP contribution in [0.5, 0.6) is 11.5 Å². The highest BCUT2D eigenvalue weighted by Crippen LogP contribution is 2.40. The van der Waals surface area contributed by atoms with Crippen molar-refractivity contribution in [3.8, 4) is 17.6 Å². The van der Waals surface area contributed by atoms with Crippen LogP contribution in [-0.4, -0.2) is 18.2 Å². The minimum atomic E-state index is 0.424. The Morgan fingerprint density at radius 2 is 1.82 bits per heavy atom. The number of anilines is 2. The summed E-state index contributed by atoms with van der Waals surface area (Å²) in [5, 5.41) is 14.5. The molecule has 0 spiro atoms. The van der Waals surface area contributed by atoms with E-state index in [2.05, 4.69) is 16.4 Å². The maximum atomic E-state index is 9.71. The lowest BCUT2D eigenvalue weighted by Crippen LogP contribution is -2.02. The van der Waals surface area contributed by atoms with Gasteiger partial charge in [0.25, 0.3) is 0 Å². The second-order valence-corrected chi connectivity index (χ2v) is 8.52. The van der Waals surface area contributed by atoms with Crippen molar-refractivity contribution in [3.05, 3.63) is 77.4 Å². The smallest absolute Gasteiger partial charge is 0.187 e. The minimum Gasteiger partial charge on any atom is -0.490 e. The van der Waals surface area contributed by atoms with Gasteiger partial charge in [0.05, 0.1) is 29.5 Å². The van der Waals surface area contributed by atoms with Crippen LogP contribution in [0.4, 0.5) is 11.4 Å². The molecule has 0 unspecified atom stereocenters. The van der Waals surface area contributed by atoms with Crippen molar-refractivity contribution in [2.45, 2.75) is 23.6 Å². The summed E-state index contributed by atoms with van der Waals surface area (Å²) in [6, 6.07) is 21.8. The van der Waals surface area contributed by atoms with Crippen LogP contribution in [-0.2, 0) is 0 Å². The van der Waals surface area contributed by atoms with Gasteiger partial charge in [-0.3, -0.25) is 4.98 Å². The third kappa shape index (κ3) is 5.00. The Hall–Kier alpha value is -3.40. The van der Waals surface area contributed by atoms with Gasteiger partial charge in [0.1, 0.15) is 11.6 Å². The summed E-state index contributed by atoms with van der Waals surface area (Å²) in [5.41, 5.74) is 2.47. The Bertz CT molecular complexity index is 1320. The minimum absolute atomic E-state index is 0.424. The van der Waals surface area contributed by atoms with E-state index in [1.54, 1.807) is 18.0 Å². The number of hydrogen-bond donors (Lipinski definition) is 1. The van der Waals surface area contributed by atoms with Gasteiger partial charge < -0.3 is 14.8 Å². The highest BCUT2D eigenvalue weighted by Gasteiger charge is 2.17. The van der Waals surface area contributed by atoms with Gasteiger partial charge in [-0.05, 0) is 56.3 Å². The fourth-order valence-corrected chi connectivity index (χ4v) is 4.55. The number of fused-ring (bicyclic) bond motifs is 1. The molecule has 5 nitrogen and oxygen atoms in total. The maximum absolute atomic E-state index is 9.71. The van der Waals surface area contributed by atoms with Crippen molar-refractivity contribution in [2.75, 3.05) is 18.5 Å². The molecule has 0 aliphatic carbocycles. The van der Waals surface area contributed by atoms with Gasteiger partial charge in [0.2, 0.25) is 0 Å². The number of ether oxygens (including phenoxy) is 2. The number of aromatic nitrogens is 1. The first-order valence-corrected chi connectivity index (χ1v) is 11.7. The molecule has 0 amide bonds. The van der Waals surface area contributed by atoms with E-state index >= 15 is 0 Å². The van der Waals surface area contributed by atoms with Crippen molar-refractivity contribution in [1.29, 1.82) is 5.26 Å². The highest BCUT2D eigenvalue weighted by molar-refractivity contribution is 7.99. The molecule has 0 atom stereocenters. The molecule has 1 aromatic heterocycles. The second-order valence-electron chi connectivity index (χ2n) is 7.00. The summed E-state index contributed by atoms with van der Waals surface area (Å²) < 4.78 is 11.6. The van der Waals surface area contributed by atoms with Crippen LogP contribution in [0, 0.1) is 11.3 Å². The lowest BCUT2D eigenvalue weighted by Gasteiger charge is -2.16. The number of benzene rings is 3. The molecule has 1 N–H and O–H groups in total. The van der Waals surface area contributed by atoms with Gasteiger partial charge in [-0.15, -0.1) is 0 Å². The average Bonchev–Trinajstić information content (AvgIpc) is 2.83. The number of nitriles is 1. The molecule has 166 valence electrons. The molecule has 0 saturated heterocycles. The fraction of sp³-hybridized carbons (Fsp3) is 0.154. The van der Waals surface area contributed by atoms with Crippen LogP contribution in [0.2, 0.25) is 5.02 Å². The van der Waals surface area contributed by atoms with Crippen molar-refractivity contribution < 1.29 is 9.47 Å². The Kier molecular flexibility index (Phi) is 7.23. The molecule has 4 aromatic rings. The molecule has 0 aliphatic rings. The predicted octanol–water partition coefficient (Wildman–Crippen LogP) is 7.45. The van der Waals surface area contributed by atoms with Crippen LogP contribution in [0.25, 0.3) is 10.9 Å². The van der Waals surface area contributed by atoms with Crippen LogP contribution >= 0.6 is 23.4 Å². The van der Waals surface area contributed by atoms with E-state index in [-0.39, 0.29) is 0 Å². The van der Waals surface area contributed by atoms with E-state index in [9.17, 15) is 5.26 Å². The molecule has 0 aliphatic heterocycles. The topological polar surface area (TPSA) is 67.2 Å². The van der Waals surface area contributed by atoms with Crippen molar-refractivity contribution in [1.82, 2.24) is 4.98 Å². The second kappa shape index (κ2) is 10.5. The molecule has 33 heavy (non-hydrogen) atoms. The van der Waals surface area contributed by atoms with E-state index in [1.165, 1.54) is 0 Å². The van der Waals surface area contributed by atoms with Crippen LogP contribution in [0.1, 0.15) is 19.4 Å². The van der Waals surface area contributed by atoms with Gasteiger partial charge in [-0.25, -0.2) is 0 Å². The standard InChI is InChI=1S/C26H22ClN3O2S/c1-3-31-22-12-11-20-24(17(15-28)16-29-25(20)26(22)32-4-2)30-18-10-13-23(21(27)14-18)33-19-8-6-5-7-9-19/h5-14,16H,3-4H2,1-2H3,(H,29,30). The summed E-state index contributed by atoms with van der Waals surface area (Å²) in [6.07, 6.45) is 1.55. The van der Waals surface area contributed by atoms with Crippen LogP contribution in [0.3, 0.4) is 0 Å². The normalized spacial score (nSPS) is 10.6. The largest absolute Gasteiger partial charge is 0.490 e.